The molecule has 5 nitrogen and oxygen atoms in total. The molecule has 2 aromatic rings. The van der Waals surface area contributed by atoms with E-state index in [9.17, 15) is 32.6 Å². The number of phenols is 1. The second kappa shape index (κ2) is 7.18. The normalized spacial score (nSPS) is 24.1. The van der Waals surface area contributed by atoms with E-state index in [0.29, 0.717) is 5.56 Å². The standard InChI is InChI=1S/C22H19ClF4N2O3/c1-20(2)9-21(32,22(25,26)27)18(12-8-13(23)16(24)17(30)15(12)20)29-14-5-3-4-11-10(14)6-7-28-19(11)31/h3-5,7-8,18,29-30,32H,6,9H2,1-2H3. The lowest BCUT2D eigenvalue weighted by atomic mass is 9.63. The van der Waals surface area contributed by atoms with Gasteiger partial charge in [-0.1, -0.05) is 31.5 Å². The molecule has 3 N–H and O–H groups in total. The zero-order valence-corrected chi connectivity index (χ0v) is 17.8. The summed E-state index contributed by atoms with van der Waals surface area (Å²) in [5.41, 5.74) is -4.16. The Balaban J connectivity index is 1.96. The highest BCUT2D eigenvalue weighted by molar-refractivity contribution is 6.31. The lowest BCUT2D eigenvalue weighted by Crippen LogP contribution is -2.58. The summed E-state index contributed by atoms with van der Waals surface area (Å²) < 4.78 is 57.2. The van der Waals surface area contributed by atoms with Crippen molar-refractivity contribution in [1.82, 2.24) is 0 Å². The first-order valence-corrected chi connectivity index (χ1v) is 10.1. The molecule has 1 aliphatic carbocycles. The maximum absolute atomic E-state index is 14.4. The van der Waals surface area contributed by atoms with Gasteiger partial charge in [0.2, 0.25) is 0 Å². The molecule has 10 heteroatoms. The number of carbonyl (C=O) groups excluding carboxylic acids is 1. The van der Waals surface area contributed by atoms with Gasteiger partial charge in [0.05, 0.1) is 11.1 Å². The summed E-state index contributed by atoms with van der Waals surface area (Å²) in [7, 11) is 0. The molecular formula is C22H19ClF4N2O3. The van der Waals surface area contributed by atoms with Crippen LogP contribution in [0.5, 0.6) is 5.75 Å². The van der Waals surface area contributed by atoms with E-state index in [4.69, 9.17) is 11.6 Å². The number of hydrogen-bond donors (Lipinski definition) is 3. The molecule has 0 bridgehead atoms. The topological polar surface area (TPSA) is 81.9 Å². The van der Waals surface area contributed by atoms with Gasteiger partial charge in [0.15, 0.2) is 17.2 Å². The van der Waals surface area contributed by atoms with Crippen LogP contribution in [0.1, 0.15) is 53.4 Å². The summed E-state index contributed by atoms with van der Waals surface area (Å²) in [6.07, 6.45) is -4.39. The van der Waals surface area contributed by atoms with Crippen LogP contribution in [0.4, 0.5) is 23.2 Å². The molecule has 4 rings (SSSR count). The Morgan fingerprint density at radius 1 is 1.28 bits per heavy atom. The zero-order chi connectivity index (χ0) is 23.6. The number of aliphatic hydroxyl groups is 1. The number of aliphatic imine (C=N–C) groups is 1. The highest BCUT2D eigenvalue weighted by Gasteiger charge is 2.64. The number of amides is 1. The maximum atomic E-state index is 14.4. The van der Waals surface area contributed by atoms with Crippen molar-refractivity contribution in [3.8, 4) is 5.75 Å². The number of anilines is 1. The minimum Gasteiger partial charge on any atom is -0.505 e. The molecule has 0 aromatic heterocycles. The third-order valence-corrected chi connectivity index (χ3v) is 6.38. The Kier molecular flexibility index (Phi) is 5.06. The molecule has 1 heterocycles. The Labute approximate surface area is 185 Å². The van der Waals surface area contributed by atoms with Gasteiger partial charge in [0.1, 0.15) is 0 Å². The van der Waals surface area contributed by atoms with Crippen molar-refractivity contribution in [2.75, 3.05) is 5.32 Å². The van der Waals surface area contributed by atoms with Crippen LogP contribution in [-0.2, 0) is 11.8 Å². The smallest absolute Gasteiger partial charge is 0.419 e. The van der Waals surface area contributed by atoms with Crippen molar-refractivity contribution < 1.29 is 32.6 Å². The van der Waals surface area contributed by atoms with Crippen LogP contribution >= 0.6 is 11.6 Å². The number of carbonyl (C=O) groups is 1. The van der Waals surface area contributed by atoms with Crippen LogP contribution in [0.3, 0.4) is 0 Å². The van der Waals surface area contributed by atoms with Gasteiger partial charge in [-0.25, -0.2) is 9.38 Å². The van der Waals surface area contributed by atoms with E-state index >= 15 is 0 Å². The van der Waals surface area contributed by atoms with Crippen molar-refractivity contribution in [1.29, 1.82) is 0 Å². The van der Waals surface area contributed by atoms with E-state index in [2.05, 4.69) is 10.3 Å². The monoisotopic (exact) mass is 470 g/mol. The first-order valence-electron chi connectivity index (χ1n) is 9.73. The number of halogens is 5. The third-order valence-electron chi connectivity index (χ3n) is 6.10. The Morgan fingerprint density at radius 2 is 1.97 bits per heavy atom. The quantitative estimate of drug-likeness (QED) is 0.535. The number of nitrogens with one attached hydrogen (secondary N) is 1. The lowest BCUT2D eigenvalue weighted by molar-refractivity contribution is -0.276. The van der Waals surface area contributed by atoms with Gasteiger partial charge in [-0.05, 0) is 41.2 Å². The largest absolute Gasteiger partial charge is 0.505 e. The number of phenolic OH excluding ortho intramolecular Hbond substituents is 1. The molecule has 1 amide bonds. The summed E-state index contributed by atoms with van der Waals surface area (Å²) in [6, 6.07) is 3.62. The van der Waals surface area contributed by atoms with E-state index in [-0.39, 0.29) is 28.8 Å². The average molecular weight is 471 g/mol. The molecule has 1 aliphatic heterocycles. The molecule has 0 spiro atoms. The van der Waals surface area contributed by atoms with Gasteiger partial charge in [0.25, 0.3) is 5.91 Å². The van der Waals surface area contributed by atoms with Crippen LogP contribution in [0, 0.1) is 5.82 Å². The zero-order valence-electron chi connectivity index (χ0n) is 17.0. The Hall–Kier alpha value is -2.65. The van der Waals surface area contributed by atoms with Crippen molar-refractivity contribution >= 4 is 29.4 Å². The van der Waals surface area contributed by atoms with E-state index in [1.54, 1.807) is 0 Å². The van der Waals surface area contributed by atoms with Gasteiger partial charge < -0.3 is 15.5 Å². The SMILES string of the molecule is CC1(C)CC(O)(C(F)(F)F)C(Nc2cccc3c2CC=NC3=O)c2cc(Cl)c(F)c(O)c21. The van der Waals surface area contributed by atoms with Gasteiger partial charge in [-0.15, -0.1) is 0 Å². The van der Waals surface area contributed by atoms with Crippen molar-refractivity contribution in [2.45, 2.75) is 49.9 Å². The predicted octanol–water partition coefficient (Wildman–Crippen LogP) is 5.08. The van der Waals surface area contributed by atoms with Crippen LogP contribution in [-0.4, -0.2) is 34.1 Å². The molecule has 2 unspecified atom stereocenters. The van der Waals surface area contributed by atoms with Crippen LogP contribution in [0.15, 0.2) is 29.3 Å². The van der Waals surface area contributed by atoms with E-state index in [1.165, 1.54) is 38.3 Å². The molecule has 2 atom stereocenters. The Bertz CT molecular complexity index is 1160. The van der Waals surface area contributed by atoms with Crippen LogP contribution in [0.25, 0.3) is 0 Å². The minimum atomic E-state index is -5.08. The number of nitrogens with zero attached hydrogens (tertiary/aromatic N) is 1. The molecule has 0 saturated heterocycles. The molecular weight excluding hydrogens is 452 g/mol. The summed E-state index contributed by atoms with van der Waals surface area (Å²) >= 11 is 5.87. The number of rotatable bonds is 2. The molecule has 0 saturated carbocycles. The first-order chi connectivity index (χ1) is 14.8. The van der Waals surface area contributed by atoms with Gasteiger partial charge in [-0.2, -0.15) is 13.2 Å². The number of hydrogen-bond acceptors (Lipinski definition) is 4. The second-order valence-corrected chi connectivity index (χ2v) is 9.11. The second-order valence-electron chi connectivity index (χ2n) is 8.70. The Morgan fingerprint density at radius 3 is 2.62 bits per heavy atom. The van der Waals surface area contributed by atoms with E-state index < -0.39 is 52.2 Å². The summed E-state index contributed by atoms with van der Waals surface area (Å²) in [5, 5.41) is 23.6. The fourth-order valence-corrected chi connectivity index (χ4v) is 4.95. The number of alkyl halides is 3. The average Bonchev–Trinajstić information content (AvgIpc) is 2.68. The number of fused-ring (bicyclic) bond motifs is 2. The minimum absolute atomic E-state index is 0.0757. The van der Waals surface area contributed by atoms with Crippen LogP contribution in [0.2, 0.25) is 5.02 Å². The molecule has 2 aliphatic rings. The van der Waals surface area contributed by atoms with Crippen molar-refractivity contribution in [3.05, 3.63) is 57.4 Å². The molecule has 0 fully saturated rings. The third kappa shape index (κ3) is 3.26. The molecule has 170 valence electrons. The summed E-state index contributed by atoms with van der Waals surface area (Å²) in [5.74, 6) is -2.53. The maximum Gasteiger partial charge on any atom is 0.419 e. The fourth-order valence-electron chi connectivity index (χ4n) is 4.74. The number of aromatic hydroxyl groups is 1. The summed E-state index contributed by atoms with van der Waals surface area (Å²) in [6.45, 7) is 2.76. The first kappa shape index (κ1) is 22.5. The van der Waals surface area contributed by atoms with Gasteiger partial charge >= 0.3 is 6.18 Å². The van der Waals surface area contributed by atoms with Crippen molar-refractivity contribution in [3.63, 3.8) is 0 Å². The summed E-state index contributed by atoms with van der Waals surface area (Å²) in [4.78, 5) is 15.8. The van der Waals surface area contributed by atoms with Crippen LogP contribution < -0.4 is 5.32 Å². The highest BCUT2D eigenvalue weighted by atomic mass is 35.5. The van der Waals surface area contributed by atoms with Gasteiger partial charge in [0, 0.05) is 29.4 Å². The lowest BCUT2D eigenvalue weighted by Gasteiger charge is -2.49. The fraction of sp³-hybridized carbons (Fsp3) is 0.364. The van der Waals surface area contributed by atoms with Gasteiger partial charge in [-0.3, -0.25) is 4.79 Å². The number of benzene rings is 2. The van der Waals surface area contributed by atoms with Crippen molar-refractivity contribution in [2.24, 2.45) is 4.99 Å². The molecule has 2 aromatic carbocycles. The highest BCUT2D eigenvalue weighted by Crippen LogP contribution is 2.57. The predicted molar refractivity (Wildman–Crippen MR) is 111 cm³/mol. The van der Waals surface area contributed by atoms with E-state index in [1.807, 2.05) is 0 Å². The van der Waals surface area contributed by atoms with E-state index in [0.717, 1.165) is 6.07 Å². The molecule has 0 radical (unpaired) electrons. The molecule has 32 heavy (non-hydrogen) atoms.